The number of aryl methyl sites for hydroxylation is 2. The van der Waals surface area contributed by atoms with Crippen LogP contribution in [0.2, 0.25) is 5.02 Å². The molecule has 0 saturated heterocycles. The zero-order valence-electron chi connectivity index (χ0n) is 11.4. The molecule has 0 radical (unpaired) electrons. The van der Waals surface area contributed by atoms with Gasteiger partial charge in [-0.3, -0.25) is 4.98 Å². The minimum atomic E-state index is -0.467. The van der Waals surface area contributed by atoms with Crippen LogP contribution in [0.5, 0.6) is 11.5 Å². The average Bonchev–Trinajstić information content (AvgIpc) is 2.40. The largest absolute Gasteiger partial charge is 0.455 e. The van der Waals surface area contributed by atoms with E-state index in [1.54, 1.807) is 19.9 Å². The third kappa shape index (κ3) is 3.22. The molecule has 0 aliphatic heterocycles. The van der Waals surface area contributed by atoms with Crippen molar-refractivity contribution in [3.05, 3.63) is 52.1 Å². The zero-order valence-corrected chi connectivity index (χ0v) is 12.1. The summed E-state index contributed by atoms with van der Waals surface area (Å²) in [7, 11) is 0. The van der Waals surface area contributed by atoms with E-state index in [2.05, 4.69) is 10.1 Å². The van der Waals surface area contributed by atoms with Gasteiger partial charge in [-0.1, -0.05) is 16.8 Å². The summed E-state index contributed by atoms with van der Waals surface area (Å²) in [4.78, 5) is 4.24. The fourth-order valence-electron chi connectivity index (χ4n) is 1.91. The Morgan fingerprint density at radius 1 is 1.33 bits per heavy atom. The van der Waals surface area contributed by atoms with Gasteiger partial charge in [0, 0.05) is 11.8 Å². The molecule has 0 fully saturated rings. The van der Waals surface area contributed by atoms with Crippen LogP contribution in [-0.2, 0) is 0 Å². The molecule has 0 unspecified atom stereocenters. The van der Waals surface area contributed by atoms with Gasteiger partial charge in [0.05, 0.1) is 16.3 Å². The van der Waals surface area contributed by atoms with Crippen LogP contribution < -0.4 is 10.5 Å². The van der Waals surface area contributed by atoms with E-state index >= 15 is 0 Å². The monoisotopic (exact) mass is 309 g/mol. The van der Waals surface area contributed by atoms with E-state index in [0.29, 0.717) is 22.7 Å². The van der Waals surface area contributed by atoms with Gasteiger partial charge in [-0.2, -0.15) is 0 Å². The van der Waals surface area contributed by atoms with E-state index < -0.39 is 5.82 Å². The lowest BCUT2D eigenvalue weighted by atomic mass is 10.1. The smallest absolute Gasteiger partial charge is 0.175 e. The number of amidine groups is 1. The van der Waals surface area contributed by atoms with Crippen LogP contribution in [0, 0.1) is 19.7 Å². The average molecular weight is 310 g/mol. The lowest BCUT2D eigenvalue weighted by Gasteiger charge is -2.14. The lowest BCUT2D eigenvalue weighted by Crippen LogP contribution is -2.17. The first-order chi connectivity index (χ1) is 9.92. The normalized spacial score (nSPS) is 11.5. The number of rotatable bonds is 3. The molecule has 0 spiro atoms. The van der Waals surface area contributed by atoms with Crippen LogP contribution in [0.15, 0.2) is 29.4 Å². The molecule has 1 aromatic heterocycles. The highest BCUT2D eigenvalue weighted by Gasteiger charge is 2.16. The van der Waals surface area contributed by atoms with Crippen molar-refractivity contribution in [3.8, 4) is 11.5 Å². The topological polar surface area (TPSA) is 80.7 Å². The molecule has 21 heavy (non-hydrogen) atoms. The Labute approximate surface area is 125 Å². The van der Waals surface area contributed by atoms with Crippen molar-refractivity contribution in [2.45, 2.75) is 13.8 Å². The predicted octanol–water partition coefficient (Wildman–Crippen LogP) is 3.38. The number of oxime groups is 1. The first-order valence-corrected chi connectivity index (χ1v) is 6.39. The summed E-state index contributed by atoms with van der Waals surface area (Å²) in [5.74, 6) is -0.0156. The van der Waals surface area contributed by atoms with Crippen molar-refractivity contribution in [3.63, 3.8) is 0 Å². The predicted molar refractivity (Wildman–Crippen MR) is 77.7 cm³/mol. The Morgan fingerprint density at radius 2 is 2.05 bits per heavy atom. The van der Waals surface area contributed by atoms with Gasteiger partial charge >= 0.3 is 0 Å². The van der Waals surface area contributed by atoms with Gasteiger partial charge in [0.1, 0.15) is 17.3 Å². The molecule has 1 aromatic carbocycles. The number of pyridine rings is 1. The summed E-state index contributed by atoms with van der Waals surface area (Å²) >= 11 is 5.93. The fraction of sp³-hybridized carbons (Fsp3) is 0.143. The summed E-state index contributed by atoms with van der Waals surface area (Å²) in [6.07, 6.45) is 0. The van der Waals surface area contributed by atoms with Crippen molar-refractivity contribution in [1.29, 1.82) is 0 Å². The van der Waals surface area contributed by atoms with Crippen LogP contribution >= 0.6 is 11.6 Å². The maximum atomic E-state index is 13.1. The highest BCUT2D eigenvalue weighted by Crippen LogP contribution is 2.32. The number of ether oxygens (including phenoxy) is 1. The SMILES string of the molecule is Cc1cc(Oc2ccc(F)cc2Cl)c(/C(N)=N/O)c(C)n1. The van der Waals surface area contributed by atoms with Gasteiger partial charge in [0.15, 0.2) is 5.84 Å². The van der Waals surface area contributed by atoms with Crippen molar-refractivity contribution in [1.82, 2.24) is 4.98 Å². The molecule has 2 rings (SSSR count). The second-order valence-electron chi connectivity index (χ2n) is 4.38. The van der Waals surface area contributed by atoms with E-state index in [0.717, 1.165) is 6.07 Å². The third-order valence-electron chi connectivity index (χ3n) is 2.77. The molecule has 5 nitrogen and oxygen atoms in total. The van der Waals surface area contributed by atoms with Crippen molar-refractivity contribution < 1.29 is 14.3 Å². The van der Waals surface area contributed by atoms with E-state index in [1.165, 1.54) is 12.1 Å². The first-order valence-electron chi connectivity index (χ1n) is 6.01. The summed E-state index contributed by atoms with van der Waals surface area (Å²) in [6, 6.07) is 5.39. The van der Waals surface area contributed by atoms with Gasteiger partial charge in [-0.25, -0.2) is 4.39 Å². The Kier molecular flexibility index (Phi) is 4.28. The molecular weight excluding hydrogens is 297 g/mol. The standard InChI is InChI=1S/C14H13ClFN3O2/c1-7-5-12(13(8(2)18-7)14(17)19-20)21-11-4-3-9(16)6-10(11)15/h3-6,20H,1-2H3,(H2,17,19). The van der Waals surface area contributed by atoms with Gasteiger partial charge in [-0.05, 0) is 32.0 Å². The van der Waals surface area contributed by atoms with E-state index in [4.69, 9.17) is 27.3 Å². The molecule has 3 N–H and O–H groups in total. The van der Waals surface area contributed by atoms with Gasteiger partial charge in [-0.15, -0.1) is 0 Å². The fourth-order valence-corrected chi connectivity index (χ4v) is 2.12. The van der Waals surface area contributed by atoms with E-state index in [-0.39, 0.29) is 16.6 Å². The van der Waals surface area contributed by atoms with Crippen LogP contribution in [0.4, 0.5) is 4.39 Å². The maximum Gasteiger partial charge on any atom is 0.175 e. The lowest BCUT2D eigenvalue weighted by molar-refractivity contribution is 0.318. The van der Waals surface area contributed by atoms with Gasteiger partial charge in [0.2, 0.25) is 0 Å². The number of hydrogen-bond acceptors (Lipinski definition) is 4. The quantitative estimate of drug-likeness (QED) is 0.394. The molecule has 110 valence electrons. The highest BCUT2D eigenvalue weighted by molar-refractivity contribution is 6.32. The van der Waals surface area contributed by atoms with Gasteiger partial charge in [0.25, 0.3) is 0 Å². The molecule has 0 atom stereocenters. The summed E-state index contributed by atoms with van der Waals surface area (Å²) in [6.45, 7) is 3.49. The maximum absolute atomic E-state index is 13.1. The minimum Gasteiger partial charge on any atom is -0.455 e. The number of hydrogen-bond donors (Lipinski definition) is 2. The van der Waals surface area contributed by atoms with Crippen molar-refractivity contribution in [2.75, 3.05) is 0 Å². The molecule has 0 aliphatic rings. The number of benzene rings is 1. The molecule has 0 amide bonds. The van der Waals surface area contributed by atoms with Crippen LogP contribution in [-0.4, -0.2) is 16.0 Å². The molecule has 0 aliphatic carbocycles. The Bertz CT molecular complexity index is 720. The molecule has 0 saturated carbocycles. The number of aromatic nitrogens is 1. The second-order valence-corrected chi connectivity index (χ2v) is 4.79. The second kappa shape index (κ2) is 5.97. The number of halogens is 2. The number of nitrogens with two attached hydrogens (primary N) is 1. The summed E-state index contributed by atoms with van der Waals surface area (Å²) in [5, 5.41) is 12.0. The number of nitrogens with zero attached hydrogens (tertiary/aromatic N) is 2. The summed E-state index contributed by atoms with van der Waals surface area (Å²) < 4.78 is 18.7. The zero-order chi connectivity index (χ0) is 15.6. The highest BCUT2D eigenvalue weighted by atomic mass is 35.5. The van der Waals surface area contributed by atoms with Crippen LogP contribution in [0.1, 0.15) is 17.0 Å². The van der Waals surface area contributed by atoms with E-state index in [1.807, 2.05) is 0 Å². The van der Waals surface area contributed by atoms with Crippen molar-refractivity contribution >= 4 is 17.4 Å². The molecule has 1 heterocycles. The van der Waals surface area contributed by atoms with Crippen LogP contribution in [0.3, 0.4) is 0 Å². The first kappa shape index (κ1) is 15.1. The third-order valence-corrected chi connectivity index (χ3v) is 3.07. The Balaban J connectivity index is 2.53. The summed E-state index contributed by atoms with van der Waals surface area (Å²) in [5.41, 5.74) is 7.23. The molecule has 0 bridgehead atoms. The van der Waals surface area contributed by atoms with Crippen LogP contribution in [0.25, 0.3) is 0 Å². The molecular formula is C14H13ClFN3O2. The van der Waals surface area contributed by atoms with Gasteiger partial charge < -0.3 is 15.7 Å². The molecule has 7 heteroatoms. The van der Waals surface area contributed by atoms with E-state index in [9.17, 15) is 4.39 Å². The van der Waals surface area contributed by atoms with Crippen molar-refractivity contribution in [2.24, 2.45) is 10.9 Å². The Morgan fingerprint density at radius 3 is 2.67 bits per heavy atom. The Hall–Kier alpha value is -2.34. The molecule has 2 aromatic rings. The minimum absolute atomic E-state index is 0.118.